The zero-order valence-corrected chi connectivity index (χ0v) is 14.1. The van der Waals surface area contributed by atoms with Crippen molar-refractivity contribution in [3.8, 4) is 5.75 Å². The van der Waals surface area contributed by atoms with Crippen LogP contribution in [0.1, 0.15) is 10.4 Å². The van der Waals surface area contributed by atoms with Gasteiger partial charge in [-0.3, -0.25) is 4.79 Å². The smallest absolute Gasteiger partial charge is 0.258 e. The zero-order chi connectivity index (χ0) is 17.5. The fraction of sp³-hybridized carbons (Fsp3) is 0.421. The molecule has 1 aliphatic heterocycles. The Morgan fingerprint density at radius 3 is 2.12 bits per heavy atom. The lowest BCUT2D eigenvalue weighted by Gasteiger charge is -2.24. The van der Waals surface area contributed by atoms with Gasteiger partial charge in [-0.1, -0.05) is 30.3 Å². The van der Waals surface area contributed by atoms with Gasteiger partial charge in [0, 0.05) is 13.1 Å². The normalized spacial score (nSPS) is 17.7. The summed E-state index contributed by atoms with van der Waals surface area (Å²) in [4.78, 5) is 14.8. The van der Waals surface area contributed by atoms with Crippen LogP contribution in [0.4, 0.5) is 0 Å². The molecule has 2 aromatic rings. The van der Waals surface area contributed by atoms with Crippen molar-refractivity contribution >= 4 is 16.7 Å². The van der Waals surface area contributed by atoms with Crippen molar-refractivity contribution in [2.75, 3.05) is 52.7 Å². The predicted octanol–water partition coefficient (Wildman–Crippen LogP) is 2.05. The van der Waals surface area contributed by atoms with E-state index in [-0.39, 0.29) is 11.7 Å². The first-order valence-electron chi connectivity index (χ1n) is 8.50. The number of phenolic OH excluding ortho intramolecular Hbond substituents is 1. The van der Waals surface area contributed by atoms with Crippen LogP contribution in [0.25, 0.3) is 10.8 Å². The van der Waals surface area contributed by atoms with Gasteiger partial charge in [0.25, 0.3) is 5.91 Å². The van der Waals surface area contributed by atoms with Gasteiger partial charge in [-0.2, -0.15) is 0 Å². The van der Waals surface area contributed by atoms with E-state index in [1.165, 1.54) is 0 Å². The van der Waals surface area contributed by atoms with E-state index < -0.39 is 0 Å². The van der Waals surface area contributed by atoms with E-state index in [1.807, 2.05) is 30.3 Å². The Hall–Kier alpha value is -2.15. The van der Waals surface area contributed by atoms with Crippen molar-refractivity contribution in [2.45, 2.75) is 0 Å². The zero-order valence-electron chi connectivity index (χ0n) is 14.1. The van der Waals surface area contributed by atoms with Crippen LogP contribution in [0.3, 0.4) is 0 Å². The Bertz CT molecular complexity index is 706. The molecule has 3 rings (SSSR count). The molecule has 1 fully saturated rings. The van der Waals surface area contributed by atoms with Crippen molar-refractivity contribution in [3.63, 3.8) is 0 Å². The second-order valence-electron chi connectivity index (χ2n) is 5.81. The highest BCUT2D eigenvalue weighted by atomic mass is 16.5. The summed E-state index contributed by atoms with van der Waals surface area (Å²) in [6.07, 6.45) is 0. The first kappa shape index (κ1) is 17.7. The lowest BCUT2D eigenvalue weighted by Crippen LogP contribution is -2.37. The highest BCUT2D eigenvalue weighted by Gasteiger charge is 2.21. The number of rotatable bonds is 1. The number of benzene rings is 2. The second-order valence-corrected chi connectivity index (χ2v) is 5.81. The number of phenols is 1. The molecule has 0 aromatic heterocycles. The van der Waals surface area contributed by atoms with Gasteiger partial charge in [-0.15, -0.1) is 0 Å². The molecule has 134 valence electrons. The van der Waals surface area contributed by atoms with Crippen LogP contribution in [0.5, 0.6) is 5.75 Å². The van der Waals surface area contributed by atoms with E-state index in [4.69, 9.17) is 14.2 Å². The van der Waals surface area contributed by atoms with Crippen LogP contribution < -0.4 is 0 Å². The molecule has 0 unspecified atom stereocenters. The molecule has 0 atom stereocenters. The van der Waals surface area contributed by atoms with Crippen LogP contribution in [-0.2, 0) is 14.2 Å². The van der Waals surface area contributed by atoms with Gasteiger partial charge in [-0.25, -0.2) is 0 Å². The maximum Gasteiger partial charge on any atom is 0.258 e. The van der Waals surface area contributed by atoms with Crippen molar-refractivity contribution in [3.05, 3.63) is 42.0 Å². The number of carbonyl (C=O) groups is 1. The minimum Gasteiger partial charge on any atom is -0.507 e. The number of ether oxygens (including phenoxy) is 3. The number of hydrogen-bond acceptors (Lipinski definition) is 5. The van der Waals surface area contributed by atoms with E-state index in [0.29, 0.717) is 58.3 Å². The third kappa shape index (κ3) is 4.48. The summed E-state index contributed by atoms with van der Waals surface area (Å²) in [5.41, 5.74) is 0.327. The summed E-state index contributed by atoms with van der Waals surface area (Å²) in [5.74, 6) is -0.222. The second kappa shape index (κ2) is 8.80. The molecule has 6 nitrogen and oxygen atoms in total. The first-order chi connectivity index (χ1) is 12.3. The van der Waals surface area contributed by atoms with Crippen molar-refractivity contribution < 1.29 is 24.1 Å². The molecule has 25 heavy (non-hydrogen) atoms. The average Bonchev–Trinajstić information content (AvgIpc) is 2.61. The molecule has 6 heteroatoms. The maximum absolute atomic E-state index is 13.1. The Labute approximate surface area is 146 Å². The molecule has 1 aliphatic rings. The Balaban J connectivity index is 1.82. The molecule has 1 saturated heterocycles. The molecule has 0 spiro atoms. The molecular weight excluding hydrogens is 322 g/mol. The number of fused-ring (bicyclic) bond motifs is 1. The quantitative estimate of drug-likeness (QED) is 0.857. The highest BCUT2D eigenvalue weighted by Crippen LogP contribution is 2.28. The highest BCUT2D eigenvalue weighted by molar-refractivity contribution is 6.09. The molecule has 0 bridgehead atoms. The number of hydrogen-bond donors (Lipinski definition) is 1. The fourth-order valence-corrected chi connectivity index (χ4v) is 2.85. The summed E-state index contributed by atoms with van der Waals surface area (Å²) in [6.45, 7) is 3.71. The van der Waals surface area contributed by atoms with Gasteiger partial charge in [0.1, 0.15) is 5.75 Å². The van der Waals surface area contributed by atoms with Crippen molar-refractivity contribution in [1.29, 1.82) is 0 Å². The predicted molar refractivity (Wildman–Crippen MR) is 94.0 cm³/mol. The topological polar surface area (TPSA) is 68.2 Å². The van der Waals surface area contributed by atoms with Crippen LogP contribution in [-0.4, -0.2) is 68.6 Å². The largest absolute Gasteiger partial charge is 0.507 e. The molecular formula is C19H23NO5. The number of carbonyl (C=O) groups excluding carboxylic acids is 1. The monoisotopic (exact) mass is 345 g/mol. The van der Waals surface area contributed by atoms with Gasteiger partial charge >= 0.3 is 0 Å². The van der Waals surface area contributed by atoms with Crippen LogP contribution in [0, 0.1) is 0 Å². The van der Waals surface area contributed by atoms with Gasteiger partial charge in [0.05, 0.1) is 45.2 Å². The standard InChI is InChI=1S/C19H23NO5/c21-17-6-5-15-3-1-2-4-16(15)18(17)19(22)20-7-9-23-11-13-25-14-12-24-10-8-20/h1-6,21H,7-14H2. The molecule has 2 aromatic carbocycles. The number of amides is 1. The fourth-order valence-electron chi connectivity index (χ4n) is 2.85. The average molecular weight is 345 g/mol. The third-order valence-electron chi connectivity index (χ3n) is 4.16. The number of aromatic hydroxyl groups is 1. The molecule has 0 radical (unpaired) electrons. The van der Waals surface area contributed by atoms with E-state index in [2.05, 4.69) is 0 Å². The summed E-state index contributed by atoms with van der Waals surface area (Å²) < 4.78 is 16.4. The molecule has 1 heterocycles. The maximum atomic E-state index is 13.1. The minimum atomic E-state index is -0.213. The summed E-state index contributed by atoms with van der Waals surface area (Å²) in [6, 6.07) is 10.9. The molecule has 0 aliphatic carbocycles. The third-order valence-corrected chi connectivity index (χ3v) is 4.16. The van der Waals surface area contributed by atoms with E-state index in [1.54, 1.807) is 11.0 Å². The molecule has 1 N–H and O–H groups in total. The van der Waals surface area contributed by atoms with Gasteiger partial charge < -0.3 is 24.2 Å². The summed E-state index contributed by atoms with van der Waals surface area (Å²) >= 11 is 0. The van der Waals surface area contributed by atoms with E-state index >= 15 is 0 Å². The van der Waals surface area contributed by atoms with E-state index in [9.17, 15) is 9.90 Å². The van der Waals surface area contributed by atoms with Crippen LogP contribution in [0.2, 0.25) is 0 Å². The van der Waals surface area contributed by atoms with Crippen molar-refractivity contribution in [2.24, 2.45) is 0 Å². The van der Waals surface area contributed by atoms with Crippen molar-refractivity contribution in [1.82, 2.24) is 4.90 Å². The Morgan fingerprint density at radius 1 is 0.840 bits per heavy atom. The Kier molecular flexibility index (Phi) is 6.22. The van der Waals surface area contributed by atoms with Gasteiger partial charge in [0.15, 0.2) is 0 Å². The minimum absolute atomic E-state index is 0.00921. The number of nitrogens with zero attached hydrogens (tertiary/aromatic N) is 1. The SMILES string of the molecule is O=C(c1c(O)ccc2ccccc12)N1CCOCCOCCOCC1. The Morgan fingerprint density at radius 2 is 1.44 bits per heavy atom. The van der Waals surface area contributed by atoms with E-state index in [0.717, 1.165) is 10.8 Å². The summed E-state index contributed by atoms with van der Waals surface area (Å²) in [7, 11) is 0. The van der Waals surface area contributed by atoms with Gasteiger partial charge in [0.2, 0.25) is 0 Å². The lowest BCUT2D eigenvalue weighted by molar-refractivity contribution is -0.00435. The molecule has 1 amide bonds. The van der Waals surface area contributed by atoms with Crippen LogP contribution >= 0.6 is 0 Å². The lowest BCUT2D eigenvalue weighted by atomic mass is 10.0. The van der Waals surface area contributed by atoms with Gasteiger partial charge in [-0.05, 0) is 16.8 Å². The first-order valence-corrected chi connectivity index (χ1v) is 8.50. The van der Waals surface area contributed by atoms with Crippen LogP contribution in [0.15, 0.2) is 36.4 Å². The summed E-state index contributed by atoms with van der Waals surface area (Å²) in [5, 5.41) is 12.0. The molecule has 0 saturated carbocycles.